The number of halogens is 1. The van der Waals surface area contributed by atoms with Crippen LogP contribution in [0.4, 0.5) is 4.39 Å². The lowest BCUT2D eigenvalue weighted by molar-refractivity contribution is 0.286. The number of benzene rings is 1. The van der Waals surface area contributed by atoms with Gasteiger partial charge in [-0.2, -0.15) is 0 Å². The first-order valence-corrected chi connectivity index (χ1v) is 7.35. The summed E-state index contributed by atoms with van der Waals surface area (Å²) in [6, 6.07) is 4.77. The fraction of sp³-hybridized carbons (Fsp3) is 0.400. The van der Waals surface area contributed by atoms with Gasteiger partial charge in [0.15, 0.2) is 11.6 Å². The minimum absolute atomic E-state index is 0.00909. The van der Waals surface area contributed by atoms with E-state index in [9.17, 15) is 4.39 Å². The Labute approximate surface area is 122 Å². The van der Waals surface area contributed by atoms with Crippen LogP contribution in [0.3, 0.4) is 0 Å². The van der Waals surface area contributed by atoms with E-state index in [-0.39, 0.29) is 30.1 Å². The number of aromatic nitrogens is 1. The molecule has 1 heterocycles. The number of nitrogens with two attached hydrogens (primary N) is 1. The average Bonchev–Trinajstić information content (AvgIpc) is 2.85. The Morgan fingerprint density at radius 3 is 2.70 bits per heavy atom. The van der Waals surface area contributed by atoms with E-state index in [4.69, 9.17) is 10.5 Å². The van der Waals surface area contributed by atoms with Gasteiger partial charge in [0.25, 0.3) is 0 Å². The summed E-state index contributed by atoms with van der Waals surface area (Å²) in [7, 11) is 0. The molecule has 0 fully saturated rings. The smallest absolute Gasteiger partial charge is 0.165 e. The molecule has 2 aromatic rings. The van der Waals surface area contributed by atoms with Crippen LogP contribution >= 0.6 is 11.3 Å². The van der Waals surface area contributed by atoms with Crippen molar-refractivity contribution >= 4 is 11.3 Å². The Balaban J connectivity index is 2.11. The van der Waals surface area contributed by atoms with E-state index < -0.39 is 0 Å². The van der Waals surface area contributed by atoms with Crippen LogP contribution < -0.4 is 10.5 Å². The molecular formula is C15H19FN2OS. The first-order chi connectivity index (χ1) is 9.41. The van der Waals surface area contributed by atoms with Gasteiger partial charge >= 0.3 is 0 Å². The van der Waals surface area contributed by atoms with Gasteiger partial charge in [0.1, 0.15) is 11.6 Å². The highest BCUT2D eigenvalue weighted by Gasteiger charge is 2.18. The van der Waals surface area contributed by atoms with Crippen molar-refractivity contribution in [2.24, 2.45) is 5.73 Å². The highest BCUT2D eigenvalue weighted by molar-refractivity contribution is 7.09. The molecule has 0 amide bonds. The van der Waals surface area contributed by atoms with E-state index in [0.29, 0.717) is 5.56 Å². The van der Waals surface area contributed by atoms with Crippen molar-refractivity contribution in [2.45, 2.75) is 39.3 Å². The second-order valence-electron chi connectivity index (χ2n) is 5.60. The summed E-state index contributed by atoms with van der Waals surface area (Å²) in [5.74, 6) is -0.164. The summed E-state index contributed by atoms with van der Waals surface area (Å²) >= 11 is 1.53. The third-order valence-electron chi connectivity index (χ3n) is 2.93. The molecule has 1 aromatic heterocycles. The van der Waals surface area contributed by atoms with Gasteiger partial charge in [-0.1, -0.05) is 32.9 Å². The minimum atomic E-state index is -0.388. The third kappa shape index (κ3) is 3.35. The van der Waals surface area contributed by atoms with Crippen LogP contribution in [0.15, 0.2) is 23.6 Å². The zero-order valence-corrected chi connectivity index (χ0v) is 12.8. The summed E-state index contributed by atoms with van der Waals surface area (Å²) in [5, 5.41) is 2.85. The number of thiazole rings is 1. The Hall–Kier alpha value is -1.46. The molecule has 0 atom stereocenters. The Morgan fingerprint density at radius 2 is 2.10 bits per heavy atom. The number of rotatable bonds is 4. The normalized spacial score (nSPS) is 11.7. The van der Waals surface area contributed by atoms with Gasteiger partial charge in [-0.3, -0.25) is 0 Å². The molecule has 2 rings (SSSR count). The summed E-state index contributed by atoms with van der Waals surface area (Å²) in [6.07, 6.45) is 0. The van der Waals surface area contributed by atoms with Gasteiger partial charge in [0.2, 0.25) is 0 Å². The van der Waals surface area contributed by atoms with Crippen molar-refractivity contribution < 1.29 is 9.13 Å². The van der Waals surface area contributed by atoms with E-state index in [0.717, 1.165) is 10.7 Å². The van der Waals surface area contributed by atoms with E-state index in [1.807, 2.05) is 5.38 Å². The van der Waals surface area contributed by atoms with Crippen LogP contribution in [0.1, 0.15) is 37.0 Å². The molecule has 5 heteroatoms. The number of hydrogen-bond donors (Lipinski definition) is 1. The summed E-state index contributed by atoms with van der Waals surface area (Å²) in [5.41, 5.74) is 7.29. The fourth-order valence-corrected chi connectivity index (χ4v) is 2.66. The number of hydrogen-bond acceptors (Lipinski definition) is 4. The number of ether oxygens (including phenoxy) is 1. The standard InChI is InChI=1S/C15H19FN2OS/c1-15(2,3)12-9-20-13(18-12)8-19-14-10(7-17)5-4-6-11(14)16/h4-6,9H,7-8,17H2,1-3H3. The summed E-state index contributed by atoms with van der Waals surface area (Å²) in [6.45, 7) is 6.83. The molecule has 3 nitrogen and oxygen atoms in total. The number of para-hydroxylation sites is 1. The molecule has 0 radical (unpaired) electrons. The predicted molar refractivity (Wildman–Crippen MR) is 79.4 cm³/mol. The zero-order chi connectivity index (χ0) is 14.8. The molecule has 2 N–H and O–H groups in total. The van der Waals surface area contributed by atoms with Crippen molar-refractivity contribution in [1.29, 1.82) is 0 Å². The van der Waals surface area contributed by atoms with Crippen LogP contribution in [0.5, 0.6) is 5.75 Å². The van der Waals surface area contributed by atoms with Crippen LogP contribution in [0.25, 0.3) is 0 Å². The van der Waals surface area contributed by atoms with Gasteiger partial charge in [0.05, 0.1) is 5.69 Å². The highest BCUT2D eigenvalue weighted by Crippen LogP contribution is 2.26. The molecule has 0 bridgehead atoms. The van der Waals surface area contributed by atoms with E-state index in [1.165, 1.54) is 17.4 Å². The summed E-state index contributed by atoms with van der Waals surface area (Å²) in [4.78, 5) is 4.52. The maximum Gasteiger partial charge on any atom is 0.165 e. The van der Waals surface area contributed by atoms with Crippen LogP contribution in [0, 0.1) is 5.82 Å². The molecule has 0 aliphatic rings. The van der Waals surface area contributed by atoms with Crippen molar-refractivity contribution in [3.05, 3.63) is 45.7 Å². The Bertz CT molecular complexity index is 590. The average molecular weight is 294 g/mol. The lowest BCUT2D eigenvalue weighted by Crippen LogP contribution is -2.12. The first-order valence-electron chi connectivity index (χ1n) is 6.47. The maximum absolute atomic E-state index is 13.7. The minimum Gasteiger partial charge on any atom is -0.483 e. The SMILES string of the molecule is CC(C)(C)c1csc(COc2c(F)cccc2CN)n1. The topological polar surface area (TPSA) is 48.1 Å². The first kappa shape index (κ1) is 14.9. The second-order valence-corrected chi connectivity index (χ2v) is 6.54. The highest BCUT2D eigenvalue weighted by atomic mass is 32.1. The zero-order valence-electron chi connectivity index (χ0n) is 11.9. The van der Waals surface area contributed by atoms with E-state index in [2.05, 4.69) is 25.8 Å². The monoisotopic (exact) mass is 294 g/mol. The predicted octanol–water partition coefficient (Wildman–Crippen LogP) is 3.62. The lowest BCUT2D eigenvalue weighted by Gasteiger charge is -2.14. The van der Waals surface area contributed by atoms with Crippen LogP contribution in [-0.4, -0.2) is 4.98 Å². The van der Waals surface area contributed by atoms with Gasteiger partial charge in [0, 0.05) is 22.9 Å². The van der Waals surface area contributed by atoms with Gasteiger partial charge < -0.3 is 10.5 Å². The van der Waals surface area contributed by atoms with Crippen molar-refractivity contribution in [3.63, 3.8) is 0 Å². The van der Waals surface area contributed by atoms with Crippen molar-refractivity contribution in [1.82, 2.24) is 4.98 Å². The quantitative estimate of drug-likeness (QED) is 0.937. The molecule has 0 spiro atoms. The molecular weight excluding hydrogens is 275 g/mol. The van der Waals surface area contributed by atoms with Crippen LogP contribution in [0.2, 0.25) is 0 Å². The maximum atomic E-state index is 13.7. The van der Waals surface area contributed by atoms with Gasteiger partial charge in [-0.15, -0.1) is 11.3 Å². The molecule has 0 saturated carbocycles. The lowest BCUT2D eigenvalue weighted by atomic mass is 9.93. The van der Waals surface area contributed by atoms with Crippen LogP contribution in [-0.2, 0) is 18.6 Å². The Morgan fingerprint density at radius 1 is 1.35 bits per heavy atom. The number of nitrogens with zero attached hydrogens (tertiary/aromatic N) is 1. The third-order valence-corrected chi connectivity index (χ3v) is 3.75. The van der Waals surface area contributed by atoms with E-state index in [1.54, 1.807) is 12.1 Å². The molecule has 0 aliphatic heterocycles. The molecule has 1 aromatic carbocycles. The molecule has 20 heavy (non-hydrogen) atoms. The second kappa shape index (κ2) is 5.89. The molecule has 0 saturated heterocycles. The van der Waals surface area contributed by atoms with Crippen molar-refractivity contribution in [3.8, 4) is 5.75 Å². The Kier molecular flexibility index (Phi) is 4.40. The van der Waals surface area contributed by atoms with E-state index >= 15 is 0 Å². The summed E-state index contributed by atoms with van der Waals surface area (Å²) < 4.78 is 19.3. The van der Waals surface area contributed by atoms with Crippen molar-refractivity contribution in [2.75, 3.05) is 0 Å². The molecule has 0 aliphatic carbocycles. The molecule has 108 valence electrons. The van der Waals surface area contributed by atoms with Gasteiger partial charge in [-0.05, 0) is 6.07 Å². The van der Waals surface area contributed by atoms with Gasteiger partial charge in [-0.25, -0.2) is 9.37 Å². The fourth-order valence-electron chi connectivity index (χ4n) is 1.73. The largest absolute Gasteiger partial charge is 0.483 e. The molecule has 0 unspecified atom stereocenters.